The van der Waals surface area contributed by atoms with Crippen LogP contribution < -0.4 is 5.73 Å². The van der Waals surface area contributed by atoms with Crippen molar-refractivity contribution in [1.82, 2.24) is 4.57 Å². The maximum Gasteiger partial charge on any atom is 0.124 e. The summed E-state index contributed by atoms with van der Waals surface area (Å²) in [6.45, 7) is 2.64. The molecule has 2 N–H and O–H groups in total. The lowest BCUT2D eigenvalue weighted by molar-refractivity contribution is 0.623. The van der Waals surface area contributed by atoms with Crippen LogP contribution in [-0.4, -0.2) is 4.57 Å². The summed E-state index contributed by atoms with van der Waals surface area (Å²) in [4.78, 5) is 0. The number of nitrogens with zero attached hydrogens (tertiary/aromatic N) is 1. The van der Waals surface area contributed by atoms with Gasteiger partial charge in [-0.15, -0.1) is 0 Å². The second-order valence-electron chi connectivity index (χ2n) is 4.09. The van der Waals surface area contributed by atoms with E-state index in [4.69, 9.17) is 5.73 Å². The van der Waals surface area contributed by atoms with Gasteiger partial charge in [0.05, 0.1) is 0 Å². The van der Waals surface area contributed by atoms with Crippen molar-refractivity contribution in [1.29, 1.82) is 0 Å². The fourth-order valence-corrected chi connectivity index (χ4v) is 2.29. The highest BCUT2D eigenvalue weighted by atomic mass is 79.9. The first kappa shape index (κ1) is 12.3. The fraction of sp³-hybridized carbons (Fsp3) is 0.231. The third-order valence-corrected chi connectivity index (χ3v) is 3.43. The molecular weight excluding hydrogens is 283 g/mol. The molecule has 0 fully saturated rings. The number of hydrogen-bond donors (Lipinski definition) is 1. The van der Waals surface area contributed by atoms with Gasteiger partial charge in [0.15, 0.2) is 0 Å². The van der Waals surface area contributed by atoms with Crippen molar-refractivity contribution in [3.8, 4) is 0 Å². The summed E-state index contributed by atoms with van der Waals surface area (Å²) >= 11 is 3.37. The zero-order chi connectivity index (χ0) is 12.4. The summed E-state index contributed by atoms with van der Waals surface area (Å²) in [5.41, 5.74) is 7.98. The van der Waals surface area contributed by atoms with E-state index in [1.54, 1.807) is 6.07 Å². The Labute approximate surface area is 108 Å². The molecule has 1 heterocycles. The molecule has 0 amide bonds. The molecule has 90 valence electrons. The van der Waals surface area contributed by atoms with Crippen molar-refractivity contribution in [3.05, 3.63) is 58.1 Å². The first-order valence-corrected chi connectivity index (χ1v) is 6.22. The summed E-state index contributed by atoms with van der Waals surface area (Å²) in [7, 11) is 0. The maximum absolute atomic E-state index is 13.0. The van der Waals surface area contributed by atoms with Crippen LogP contribution in [0, 0.1) is 5.82 Å². The Morgan fingerprint density at radius 3 is 2.82 bits per heavy atom. The van der Waals surface area contributed by atoms with Gasteiger partial charge in [-0.1, -0.05) is 22.0 Å². The van der Waals surface area contributed by atoms with Crippen LogP contribution in [0.5, 0.6) is 0 Å². The van der Waals surface area contributed by atoms with Gasteiger partial charge in [-0.2, -0.15) is 0 Å². The van der Waals surface area contributed by atoms with Crippen molar-refractivity contribution >= 4 is 15.9 Å². The third kappa shape index (κ3) is 2.76. The number of aromatic nitrogens is 1. The molecule has 0 spiro atoms. The lowest BCUT2D eigenvalue weighted by atomic mass is 10.2. The molecule has 4 heteroatoms. The maximum atomic E-state index is 13.0. The number of benzene rings is 1. The van der Waals surface area contributed by atoms with Gasteiger partial charge in [0, 0.05) is 29.0 Å². The standard InChI is InChI=1S/C13H14BrFN2/c1-9(16)13-3-2-6-17(13)8-10-4-5-11(15)7-12(10)14/h2-7,9H,8,16H2,1H3. The molecule has 2 nitrogen and oxygen atoms in total. The molecule has 1 aromatic heterocycles. The van der Waals surface area contributed by atoms with Crippen LogP contribution in [0.25, 0.3) is 0 Å². The fourth-order valence-electron chi connectivity index (χ4n) is 1.82. The molecule has 0 saturated carbocycles. The Hall–Kier alpha value is -1.13. The molecule has 0 aliphatic rings. The van der Waals surface area contributed by atoms with Crippen LogP contribution in [0.4, 0.5) is 4.39 Å². The smallest absolute Gasteiger partial charge is 0.124 e. The molecule has 0 radical (unpaired) electrons. The van der Waals surface area contributed by atoms with Gasteiger partial charge >= 0.3 is 0 Å². The number of halogens is 2. The molecule has 1 atom stereocenters. The topological polar surface area (TPSA) is 30.9 Å². The predicted octanol–water partition coefficient (Wildman–Crippen LogP) is 3.46. The van der Waals surface area contributed by atoms with Gasteiger partial charge < -0.3 is 10.3 Å². The average molecular weight is 297 g/mol. The Morgan fingerprint density at radius 2 is 2.18 bits per heavy atom. The number of hydrogen-bond acceptors (Lipinski definition) is 1. The quantitative estimate of drug-likeness (QED) is 0.924. The van der Waals surface area contributed by atoms with Crippen LogP contribution in [0.1, 0.15) is 24.2 Å². The Morgan fingerprint density at radius 1 is 1.41 bits per heavy atom. The predicted molar refractivity (Wildman–Crippen MR) is 70.2 cm³/mol. The van der Waals surface area contributed by atoms with Crippen molar-refractivity contribution in [2.24, 2.45) is 5.73 Å². The van der Waals surface area contributed by atoms with E-state index in [9.17, 15) is 4.39 Å². The second kappa shape index (κ2) is 5.02. The van der Waals surface area contributed by atoms with E-state index in [1.165, 1.54) is 12.1 Å². The highest BCUT2D eigenvalue weighted by Crippen LogP contribution is 2.21. The molecule has 1 aromatic carbocycles. The van der Waals surface area contributed by atoms with Gasteiger partial charge in [0.1, 0.15) is 5.82 Å². The molecular formula is C13H14BrFN2. The first-order chi connectivity index (χ1) is 8.08. The minimum atomic E-state index is -0.236. The Kier molecular flexibility index (Phi) is 3.64. The molecule has 0 aliphatic heterocycles. The zero-order valence-electron chi connectivity index (χ0n) is 9.53. The van der Waals surface area contributed by atoms with Gasteiger partial charge in [0.25, 0.3) is 0 Å². The van der Waals surface area contributed by atoms with E-state index < -0.39 is 0 Å². The minimum Gasteiger partial charge on any atom is -0.346 e. The van der Waals surface area contributed by atoms with E-state index in [0.29, 0.717) is 6.54 Å². The van der Waals surface area contributed by atoms with Crippen molar-refractivity contribution in [3.63, 3.8) is 0 Å². The van der Waals surface area contributed by atoms with Crippen LogP contribution in [0.3, 0.4) is 0 Å². The van der Waals surface area contributed by atoms with E-state index in [1.807, 2.05) is 25.3 Å². The van der Waals surface area contributed by atoms with Gasteiger partial charge in [0.2, 0.25) is 0 Å². The molecule has 17 heavy (non-hydrogen) atoms. The van der Waals surface area contributed by atoms with Gasteiger partial charge in [-0.05, 0) is 36.8 Å². The van der Waals surface area contributed by atoms with Gasteiger partial charge in [-0.3, -0.25) is 0 Å². The molecule has 0 saturated heterocycles. The van der Waals surface area contributed by atoms with E-state index >= 15 is 0 Å². The molecule has 1 unspecified atom stereocenters. The van der Waals surface area contributed by atoms with E-state index in [-0.39, 0.29) is 11.9 Å². The van der Waals surface area contributed by atoms with E-state index in [2.05, 4.69) is 20.5 Å². The molecule has 0 aliphatic carbocycles. The molecule has 0 bridgehead atoms. The minimum absolute atomic E-state index is 0.00998. The number of nitrogens with two attached hydrogens (primary N) is 1. The lowest BCUT2D eigenvalue weighted by Crippen LogP contribution is -2.12. The highest BCUT2D eigenvalue weighted by Gasteiger charge is 2.08. The SMILES string of the molecule is CC(N)c1cccn1Cc1ccc(F)cc1Br. The zero-order valence-corrected chi connectivity index (χ0v) is 11.1. The molecule has 2 rings (SSSR count). The summed E-state index contributed by atoms with van der Waals surface area (Å²) in [6, 6.07) is 8.69. The van der Waals surface area contributed by atoms with Crippen LogP contribution >= 0.6 is 15.9 Å². The largest absolute Gasteiger partial charge is 0.346 e. The summed E-state index contributed by atoms with van der Waals surface area (Å²) in [5.74, 6) is -0.236. The van der Waals surface area contributed by atoms with Crippen LogP contribution in [-0.2, 0) is 6.54 Å². The Balaban J connectivity index is 2.28. The highest BCUT2D eigenvalue weighted by molar-refractivity contribution is 9.10. The Bertz CT molecular complexity index is 520. The first-order valence-electron chi connectivity index (χ1n) is 5.42. The summed E-state index contributed by atoms with van der Waals surface area (Å²) in [6.07, 6.45) is 1.98. The van der Waals surface area contributed by atoms with Gasteiger partial charge in [-0.25, -0.2) is 4.39 Å². The monoisotopic (exact) mass is 296 g/mol. The lowest BCUT2D eigenvalue weighted by Gasteiger charge is -2.13. The average Bonchev–Trinajstić information content (AvgIpc) is 2.70. The normalized spacial score (nSPS) is 12.7. The molecule has 2 aromatic rings. The van der Waals surface area contributed by atoms with Crippen molar-refractivity contribution in [2.45, 2.75) is 19.5 Å². The van der Waals surface area contributed by atoms with Crippen LogP contribution in [0.15, 0.2) is 41.0 Å². The second-order valence-corrected chi connectivity index (χ2v) is 4.94. The third-order valence-electron chi connectivity index (χ3n) is 2.69. The number of rotatable bonds is 3. The summed E-state index contributed by atoms with van der Waals surface area (Å²) < 4.78 is 15.8. The van der Waals surface area contributed by atoms with Crippen molar-refractivity contribution < 1.29 is 4.39 Å². The summed E-state index contributed by atoms with van der Waals surface area (Å²) in [5, 5.41) is 0. The van der Waals surface area contributed by atoms with Crippen molar-refractivity contribution in [2.75, 3.05) is 0 Å². The van der Waals surface area contributed by atoms with E-state index in [0.717, 1.165) is 15.7 Å². The van der Waals surface area contributed by atoms with Crippen LogP contribution in [0.2, 0.25) is 0 Å².